The van der Waals surface area contributed by atoms with Crippen molar-refractivity contribution < 1.29 is 13.2 Å². The lowest BCUT2D eigenvalue weighted by molar-refractivity contribution is -0.119. The Bertz CT molecular complexity index is 1710. The molecule has 1 amide bonds. The van der Waals surface area contributed by atoms with Crippen LogP contribution in [-0.4, -0.2) is 23.5 Å². The average molecular weight is 506 g/mol. The van der Waals surface area contributed by atoms with E-state index in [1.54, 1.807) is 34.1 Å². The fourth-order valence-corrected chi connectivity index (χ4v) is 6.41. The van der Waals surface area contributed by atoms with Crippen molar-refractivity contribution in [3.63, 3.8) is 0 Å². The van der Waals surface area contributed by atoms with Crippen LogP contribution in [0.3, 0.4) is 0 Å². The van der Waals surface area contributed by atoms with Gasteiger partial charge in [-0.05, 0) is 53.8 Å². The van der Waals surface area contributed by atoms with Gasteiger partial charge in [-0.2, -0.15) is 0 Å². The third-order valence-corrected chi connectivity index (χ3v) is 8.39. The van der Waals surface area contributed by atoms with Gasteiger partial charge in [0.2, 0.25) is 5.91 Å². The maximum Gasteiger partial charge on any atom is 0.329 e. The number of nitrogens with one attached hydrogen (secondary N) is 1. The Labute approximate surface area is 206 Å². The first kappa shape index (κ1) is 23.1. The molecule has 2 heterocycles. The highest BCUT2D eigenvalue weighted by Crippen LogP contribution is 2.30. The zero-order chi connectivity index (χ0) is 24.6. The molecule has 35 heavy (non-hydrogen) atoms. The van der Waals surface area contributed by atoms with Crippen LogP contribution in [0.25, 0.3) is 21.1 Å². The summed E-state index contributed by atoms with van der Waals surface area (Å²) in [5, 5.41) is 3.24. The molecular formula is C26H23N3O4S2. The average Bonchev–Trinajstić information content (AvgIpc) is 3.38. The summed E-state index contributed by atoms with van der Waals surface area (Å²) >= 11 is 1.65. The zero-order valence-corrected chi connectivity index (χ0v) is 20.6. The normalized spacial score (nSPS) is 11.8. The highest BCUT2D eigenvalue weighted by molar-refractivity contribution is 7.90. The lowest BCUT2D eigenvalue weighted by Gasteiger charge is -2.07. The van der Waals surface area contributed by atoms with Crippen molar-refractivity contribution in [3.8, 4) is 0 Å². The Morgan fingerprint density at radius 3 is 2.34 bits per heavy atom. The fraction of sp³-hybridized carbons (Fsp3) is 0.154. The number of hydrogen-bond acceptors (Lipinski definition) is 5. The molecular weight excluding hydrogens is 482 g/mol. The van der Waals surface area contributed by atoms with Crippen LogP contribution in [0.15, 0.2) is 87.9 Å². The molecule has 0 aliphatic carbocycles. The van der Waals surface area contributed by atoms with E-state index in [0.29, 0.717) is 12.1 Å². The van der Waals surface area contributed by atoms with Crippen LogP contribution in [-0.2, 0) is 27.9 Å². The van der Waals surface area contributed by atoms with Gasteiger partial charge in [-0.1, -0.05) is 42.5 Å². The third-order valence-electron chi connectivity index (χ3n) is 6.00. The molecule has 2 aromatic heterocycles. The smallest absolute Gasteiger partial charge is 0.291 e. The quantitative estimate of drug-likeness (QED) is 0.358. The van der Waals surface area contributed by atoms with Crippen molar-refractivity contribution in [3.05, 3.63) is 99.8 Å². The van der Waals surface area contributed by atoms with E-state index in [9.17, 15) is 18.0 Å². The number of nitrogens with zero attached hydrogens (tertiary/aromatic N) is 2. The fourth-order valence-electron chi connectivity index (χ4n) is 4.34. The first-order valence-electron chi connectivity index (χ1n) is 11.1. The minimum Gasteiger partial charge on any atom is -0.291 e. The summed E-state index contributed by atoms with van der Waals surface area (Å²) in [6, 6.07) is 21.3. The van der Waals surface area contributed by atoms with E-state index in [0.717, 1.165) is 22.0 Å². The summed E-state index contributed by atoms with van der Waals surface area (Å²) in [6.45, 7) is 2.53. The highest BCUT2D eigenvalue weighted by Gasteiger charge is 2.19. The third kappa shape index (κ3) is 4.40. The van der Waals surface area contributed by atoms with Gasteiger partial charge in [0.25, 0.3) is 10.0 Å². The molecule has 1 N–H and O–H groups in total. The molecule has 0 aliphatic heterocycles. The molecule has 0 unspecified atom stereocenters. The predicted octanol–water partition coefficient (Wildman–Crippen LogP) is 4.27. The number of sulfonamides is 1. The second kappa shape index (κ2) is 9.16. The molecule has 3 aromatic carbocycles. The van der Waals surface area contributed by atoms with E-state index >= 15 is 0 Å². The number of rotatable bonds is 7. The van der Waals surface area contributed by atoms with Gasteiger partial charge >= 0.3 is 5.69 Å². The summed E-state index contributed by atoms with van der Waals surface area (Å²) in [5.74, 6) is -0.669. The Hall–Kier alpha value is -3.69. The number of thiophene rings is 1. The molecule has 5 aromatic rings. The van der Waals surface area contributed by atoms with Crippen LogP contribution < -0.4 is 10.4 Å². The number of aryl methyl sites for hydroxylation is 2. The number of hydrogen-bond donors (Lipinski definition) is 1. The Morgan fingerprint density at radius 1 is 0.914 bits per heavy atom. The van der Waals surface area contributed by atoms with Gasteiger partial charge in [0.1, 0.15) is 0 Å². The SMILES string of the molecule is Cc1cccc2scc(Cn3c(=O)n(CCC(=O)NS(=O)(=O)c4ccccc4)c4ccccc43)c12. The second-order valence-corrected chi connectivity index (χ2v) is 10.9. The van der Waals surface area contributed by atoms with Crippen molar-refractivity contribution in [2.24, 2.45) is 0 Å². The molecule has 0 spiro atoms. The summed E-state index contributed by atoms with van der Waals surface area (Å²) < 4.78 is 31.4. The molecule has 0 saturated carbocycles. The van der Waals surface area contributed by atoms with Gasteiger partial charge in [0, 0.05) is 23.1 Å². The van der Waals surface area contributed by atoms with E-state index in [1.165, 1.54) is 21.4 Å². The standard InChI is InChI=1S/C26H23N3O4S2/c1-18-8-7-13-23-25(18)19(17-34-23)16-29-22-12-6-5-11-21(22)28(26(29)31)15-14-24(30)27-35(32,33)20-9-3-2-4-10-20/h2-13,17H,14-16H2,1H3,(H,27,30). The Kier molecular flexibility index (Phi) is 6.04. The minimum atomic E-state index is -3.96. The van der Waals surface area contributed by atoms with Gasteiger partial charge < -0.3 is 0 Å². The van der Waals surface area contributed by atoms with Crippen LogP contribution in [0, 0.1) is 6.92 Å². The highest BCUT2D eigenvalue weighted by atomic mass is 32.2. The summed E-state index contributed by atoms with van der Waals surface area (Å²) in [4.78, 5) is 25.9. The van der Waals surface area contributed by atoms with Gasteiger partial charge in [0.15, 0.2) is 0 Å². The first-order valence-corrected chi connectivity index (χ1v) is 13.5. The maximum atomic E-state index is 13.4. The van der Waals surface area contributed by atoms with Crippen LogP contribution >= 0.6 is 11.3 Å². The molecule has 0 bridgehead atoms. The zero-order valence-electron chi connectivity index (χ0n) is 19.0. The van der Waals surface area contributed by atoms with Gasteiger partial charge in [-0.25, -0.2) is 17.9 Å². The molecule has 0 radical (unpaired) electrons. The molecule has 0 atom stereocenters. The number of benzene rings is 3. The van der Waals surface area contributed by atoms with E-state index < -0.39 is 15.9 Å². The van der Waals surface area contributed by atoms with Crippen molar-refractivity contribution in [2.45, 2.75) is 31.3 Å². The summed E-state index contributed by atoms with van der Waals surface area (Å²) in [7, 11) is -3.96. The maximum absolute atomic E-state index is 13.4. The molecule has 178 valence electrons. The molecule has 5 rings (SSSR count). The first-order chi connectivity index (χ1) is 16.8. The van der Waals surface area contributed by atoms with Gasteiger partial charge in [-0.15, -0.1) is 11.3 Å². The molecule has 0 saturated heterocycles. The van der Waals surface area contributed by atoms with E-state index in [1.807, 2.05) is 30.3 Å². The molecule has 9 heteroatoms. The van der Waals surface area contributed by atoms with Crippen molar-refractivity contribution in [1.82, 2.24) is 13.9 Å². The van der Waals surface area contributed by atoms with E-state index in [4.69, 9.17) is 0 Å². The van der Waals surface area contributed by atoms with E-state index in [2.05, 4.69) is 29.2 Å². The van der Waals surface area contributed by atoms with Crippen molar-refractivity contribution >= 4 is 48.4 Å². The number of fused-ring (bicyclic) bond motifs is 2. The Morgan fingerprint density at radius 2 is 1.60 bits per heavy atom. The van der Waals surface area contributed by atoms with Crippen molar-refractivity contribution in [2.75, 3.05) is 0 Å². The molecule has 7 nitrogen and oxygen atoms in total. The number of carbonyl (C=O) groups excluding carboxylic acids is 1. The topological polar surface area (TPSA) is 90.2 Å². The van der Waals surface area contributed by atoms with Crippen LogP contribution in [0.5, 0.6) is 0 Å². The second-order valence-electron chi connectivity index (χ2n) is 8.31. The van der Waals surface area contributed by atoms with Crippen LogP contribution in [0.4, 0.5) is 0 Å². The monoisotopic (exact) mass is 505 g/mol. The Balaban J connectivity index is 1.42. The number of aromatic nitrogens is 2. The van der Waals surface area contributed by atoms with Crippen LogP contribution in [0.1, 0.15) is 17.5 Å². The largest absolute Gasteiger partial charge is 0.329 e. The van der Waals surface area contributed by atoms with Crippen molar-refractivity contribution in [1.29, 1.82) is 0 Å². The number of carbonyl (C=O) groups is 1. The number of imidazole rings is 1. The minimum absolute atomic E-state index is 0.0143. The number of amides is 1. The predicted molar refractivity (Wildman–Crippen MR) is 138 cm³/mol. The molecule has 0 fully saturated rings. The summed E-state index contributed by atoms with van der Waals surface area (Å²) in [5.41, 5.74) is 3.46. The summed E-state index contributed by atoms with van der Waals surface area (Å²) in [6.07, 6.45) is -0.152. The lowest BCUT2D eigenvalue weighted by atomic mass is 10.1. The number of para-hydroxylation sites is 2. The lowest BCUT2D eigenvalue weighted by Crippen LogP contribution is -2.32. The van der Waals surface area contributed by atoms with E-state index in [-0.39, 0.29) is 23.6 Å². The van der Waals surface area contributed by atoms with Gasteiger partial charge in [-0.3, -0.25) is 13.9 Å². The van der Waals surface area contributed by atoms with Crippen LogP contribution in [0.2, 0.25) is 0 Å². The molecule has 0 aliphatic rings. The van der Waals surface area contributed by atoms with Gasteiger partial charge in [0.05, 0.1) is 22.5 Å².